The minimum absolute atomic E-state index is 0.112. The summed E-state index contributed by atoms with van der Waals surface area (Å²) in [5.41, 5.74) is 0.863. The Hall–Kier alpha value is -1.55. The standard InChI is InChI=1S/C28H44O8/c1-17-15-16-21(29)23(33-4)14-10-9-13-22(20-11-7-6-8-12-20)35-27(31)19(3)28(32)26(34-5)24(30)18(2)25(17)36-28/h6-8,11-12,17-19,21-26,29-30,32H,9-10,13-16H2,1-5H3/t17-,18-,19+,21+,22?,23-,24-,25-,26+,28+/m0/s1. The fourth-order valence-corrected chi connectivity index (χ4v) is 5.70. The van der Waals surface area contributed by atoms with Crippen molar-refractivity contribution >= 4 is 5.97 Å². The zero-order valence-electron chi connectivity index (χ0n) is 22.2. The zero-order chi connectivity index (χ0) is 26.5. The first kappa shape index (κ1) is 29.0. The van der Waals surface area contributed by atoms with E-state index in [1.54, 1.807) is 14.0 Å². The van der Waals surface area contributed by atoms with Gasteiger partial charge in [-0.15, -0.1) is 0 Å². The van der Waals surface area contributed by atoms with Crippen LogP contribution in [0.5, 0.6) is 0 Å². The van der Waals surface area contributed by atoms with Crippen LogP contribution in [0.3, 0.4) is 0 Å². The van der Waals surface area contributed by atoms with Crippen molar-refractivity contribution in [1.82, 2.24) is 0 Å². The summed E-state index contributed by atoms with van der Waals surface area (Å²) in [5, 5.41) is 33.6. The number of carbonyl (C=O) groups is 1. The second kappa shape index (κ2) is 12.8. The lowest BCUT2D eigenvalue weighted by molar-refractivity contribution is -0.362. The fourth-order valence-electron chi connectivity index (χ4n) is 5.70. The van der Waals surface area contributed by atoms with Crippen molar-refractivity contribution in [3.63, 3.8) is 0 Å². The SMILES string of the molecule is CO[C@H]1CCCCC(c2ccccc2)OC(=O)[C@@H](C)[C@@]2(O)O[C@H]([C@@H](C)[C@H](O)[C@H]2OC)[C@@H](C)CC[C@H]1O. The van der Waals surface area contributed by atoms with Crippen LogP contribution in [0, 0.1) is 17.8 Å². The molecule has 2 aliphatic rings. The lowest BCUT2D eigenvalue weighted by Crippen LogP contribution is -2.67. The molecule has 10 atom stereocenters. The normalized spacial score (nSPS) is 41.4. The first-order valence-electron chi connectivity index (χ1n) is 13.2. The maximum absolute atomic E-state index is 13.4. The molecule has 0 radical (unpaired) electrons. The summed E-state index contributed by atoms with van der Waals surface area (Å²) in [6, 6.07) is 9.52. The van der Waals surface area contributed by atoms with Crippen molar-refractivity contribution in [2.24, 2.45) is 17.8 Å². The lowest BCUT2D eigenvalue weighted by atomic mass is 9.77. The molecule has 8 nitrogen and oxygen atoms in total. The van der Waals surface area contributed by atoms with Crippen LogP contribution >= 0.6 is 0 Å². The van der Waals surface area contributed by atoms with Crippen molar-refractivity contribution in [1.29, 1.82) is 0 Å². The van der Waals surface area contributed by atoms with E-state index in [0.29, 0.717) is 25.7 Å². The summed E-state index contributed by atoms with van der Waals surface area (Å²) in [7, 11) is 3.00. The number of benzene rings is 1. The number of esters is 1. The summed E-state index contributed by atoms with van der Waals surface area (Å²) >= 11 is 0. The number of fused-ring (bicyclic) bond motifs is 2. The Kier molecular flexibility index (Phi) is 10.3. The number of carbonyl (C=O) groups excluding carboxylic acids is 1. The molecule has 8 heteroatoms. The molecule has 1 unspecified atom stereocenters. The lowest BCUT2D eigenvalue weighted by Gasteiger charge is -2.51. The predicted molar refractivity (Wildman–Crippen MR) is 134 cm³/mol. The van der Waals surface area contributed by atoms with Crippen molar-refractivity contribution < 1.29 is 39.1 Å². The van der Waals surface area contributed by atoms with Gasteiger partial charge in [-0.2, -0.15) is 0 Å². The Morgan fingerprint density at radius 1 is 0.944 bits per heavy atom. The minimum atomic E-state index is -2.08. The van der Waals surface area contributed by atoms with Crippen molar-refractivity contribution in [3.8, 4) is 0 Å². The molecule has 1 aromatic carbocycles. The molecule has 1 aromatic rings. The second-order valence-electron chi connectivity index (χ2n) is 10.6. The van der Waals surface area contributed by atoms with Gasteiger partial charge in [0, 0.05) is 20.1 Å². The highest BCUT2D eigenvalue weighted by Crippen LogP contribution is 2.42. The van der Waals surface area contributed by atoms with Gasteiger partial charge in [0.05, 0.1) is 24.4 Å². The number of methoxy groups -OCH3 is 2. The third-order valence-corrected chi connectivity index (χ3v) is 8.17. The van der Waals surface area contributed by atoms with Gasteiger partial charge in [-0.3, -0.25) is 4.79 Å². The maximum atomic E-state index is 13.4. The molecule has 0 saturated carbocycles. The van der Waals surface area contributed by atoms with Crippen LogP contribution in [0.1, 0.15) is 71.0 Å². The Labute approximate surface area is 214 Å². The van der Waals surface area contributed by atoms with E-state index in [2.05, 4.69) is 0 Å². The van der Waals surface area contributed by atoms with Gasteiger partial charge in [0.1, 0.15) is 18.1 Å². The topological polar surface area (TPSA) is 115 Å². The van der Waals surface area contributed by atoms with E-state index in [-0.39, 0.29) is 17.9 Å². The smallest absolute Gasteiger partial charge is 0.314 e. The number of hydrogen-bond acceptors (Lipinski definition) is 8. The first-order chi connectivity index (χ1) is 17.1. The van der Waals surface area contributed by atoms with Crippen LogP contribution < -0.4 is 0 Å². The van der Waals surface area contributed by atoms with Gasteiger partial charge < -0.3 is 34.3 Å². The molecule has 2 saturated heterocycles. The quantitative estimate of drug-likeness (QED) is 0.533. The molecular formula is C28H44O8. The van der Waals surface area contributed by atoms with Crippen LogP contribution in [-0.4, -0.2) is 71.8 Å². The van der Waals surface area contributed by atoms with E-state index in [1.165, 1.54) is 7.11 Å². The number of ether oxygens (including phenoxy) is 4. The van der Waals surface area contributed by atoms with Gasteiger partial charge in [-0.1, -0.05) is 50.6 Å². The minimum Gasteiger partial charge on any atom is -0.457 e. The summed E-state index contributed by atoms with van der Waals surface area (Å²) in [5.74, 6) is -4.28. The zero-order valence-corrected chi connectivity index (χ0v) is 22.2. The van der Waals surface area contributed by atoms with Crippen molar-refractivity contribution in [2.45, 2.75) is 102 Å². The molecule has 2 heterocycles. The van der Waals surface area contributed by atoms with E-state index in [4.69, 9.17) is 18.9 Å². The van der Waals surface area contributed by atoms with E-state index in [1.807, 2.05) is 44.2 Å². The highest BCUT2D eigenvalue weighted by molar-refractivity contribution is 5.73. The van der Waals surface area contributed by atoms with Gasteiger partial charge in [0.25, 0.3) is 0 Å². The Morgan fingerprint density at radius 2 is 1.61 bits per heavy atom. The van der Waals surface area contributed by atoms with E-state index in [0.717, 1.165) is 18.4 Å². The largest absolute Gasteiger partial charge is 0.457 e. The molecular weight excluding hydrogens is 464 g/mol. The maximum Gasteiger partial charge on any atom is 0.314 e. The summed E-state index contributed by atoms with van der Waals surface area (Å²) in [6.07, 6.45) is -0.226. The first-order valence-corrected chi connectivity index (χ1v) is 13.2. The van der Waals surface area contributed by atoms with E-state index >= 15 is 0 Å². The van der Waals surface area contributed by atoms with Gasteiger partial charge in [0.15, 0.2) is 0 Å². The average Bonchev–Trinajstić information content (AvgIpc) is 2.88. The van der Waals surface area contributed by atoms with Gasteiger partial charge >= 0.3 is 5.97 Å². The molecule has 2 bridgehead atoms. The summed E-state index contributed by atoms with van der Waals surface area (Å²) in [4.78, 5) is 13.4. The van der Waals surface area contributed by atoms with Crippen LogP contribution in [0.15, 0.2) is 30.3 Å². The van der Waals surface area contributed by atoms with Crippen LogP contribution in [-0.2, 0) is 23.7 Å². The van der Waals surface area contributed by atoms with Crippen LogP contribution in [0.2, 0.25) is 0 Å². The predicted octanol–water partition coefficient (Wildman–Crippen LogP) is 3.37. The molecule has 2 fully saturated rings. The summed E-state index contributed by atoms with van der Waals surface area (Å²) < 4.78 is 23.3. The highest BCUT2D eigenvalue weighted by Gasteiger charge is 2.58. The van der Waals surface area contributed by atoms with Crippen LogP contribution in [0.25, 0.3) is 0 Å². The highest BCUT2D eigenvalue weighted by atomic mass is 16.7. The number of aliphatic hydroxyl groups is 3. The Morgan fingerprint density at radius 3 is 2.25 bits per heavy atom. The number of hydrogen-bond donors (Lipinski definition) is 3. The number of aliphatic hydroxyl groups excluding tert-OH is 2. The second-order valence-corrected chi connectivity index (χ2v) is 10.6. The molecule has 204 valence electrons. The third kappa shape index (κ3) is 6.29. The Balaban J connectivity index is 1.95. The monoisotopic (exact) mass is 508 g/mol. The molecule has 3 N–H and O–H groups in total. The van der Waals surface area contributed by atoms with Crippen molar-refractivity contribution in [2.75, 3.05) is 14.2 Å². The van der Waals surface area contributed by atoms with Crippen LogP contribution in [0.4, 0.5) is 0 Å². The fraction of sp³-hybridized carbons (Fsp3) is 0.750. The molecule has 0 aromatic heterocycles. The average molecular weight is 509 g/mol. The molecule has 2 aliphatic heterocycles. The van der Waals surface area contributed by atoms with Gasteiger partial charge in [-0.05, 0) is 50.5 Å². The Bertz CT molecular complexity index is 819. The third-order valence-electron chi connectivity index (χ3n) is 8.17. The van der Waals surface area contributed by atoms with Crippen molar-refractivity contribution in [3.05, 3.63) is 35.9 Å². The molecule has 0 spiro atoms. The van der Waals surface area contributed by atoms with E-state index < -0.39 is 48.2 Å². The molecule has 36 heavy (non-hydrogen) atoms. The molecule has 3 rings (SSSR count). The van der Waals surface area contributed by atoms with Gasteiger partial charge in [0.2, 0.25) is 5.79 Å². The summed E-state index contributed by atoms with van der Waals surface area (Å²) in [6.45, 7) is 5.36. The number of rotatable bonds is 3. The van der Waals surface area contributed by atoms with E-state index in [9.17, 15) is 20.1 Å². The van der Waals surface area contributed by atoms with Gasteiger partial charge in [-0.25, -0.2) is 0 Å². The molecule has 0 amide bonds. The molecule has 0 aliphatic carbocycles. The number of cyclic esters (lactones) is 1.